The van der Waals surface area contributed by atoms with Crippen LogP contribution in [0.25, 0.3) is 0 Å². The Morgan fingerprint density at radius 3 is 2.38 bits per heavy atom. The standard InChI is InChI=1S/C25H19N3O5S/c26-22(30)14-5-9-16(10-6-14)28-21(29)13-20(24(28)31)34-17-11-7-15(8-12-17)27-23-18-3-1-2-4-19(18)25(32)33-23/h1-12,20,23,27H,13H2,(H2,26,30). The summed E-state index contributed by atoms with van der Waals surface area (Å²) in [4.78, 5) is 50.7. The molecule has 2 atom stereocenters. The molecule has 170 valence electrons. The minimum atomic E-state index is -0.577. The Hall–Kier alpha value is -4.11. The number of carbonyl (C=O) groups excluding carboxylic acids is 4. The molecule has 3 aromatic carbocycles. The molecule has 34 heavy (non-hydrogen) atoms. The molecule has 0 aromatic heterocycles. The van der Waals surface area contributed by atoms with E-state index < -0.39 is 17.4 Å². The van der Waals surface area contributed by atoms with Crippen LogP contribution in [0, 0.1) is 0 Å². The monoisotopic (exact) mass is 473 g/mol. The van der Waals surface area contributed by atoms with Gasteiger partial charge in [-0.1, -0.05) is 18.2 Å². The number of fused-ring (bicyclic) bond motifs is 1. The second-order valence-electron chi connectivity index (χ2n) is 7.83. The van der Waals surface area contributed by atoms with Crippen molar-refractivity contribution in [3.8, 4) is 0 Å². The van der Waals surface area contributed by atoms with Crippen molar-refractivity contribution in [2.45, 2.75) is 22.8 Å². The number of esters is 1. The molecule has 8 nitrogen and oxygen atoms in total. The Kier molecular flexibility index (Phi) is 5.54. The van der Waals surface area contributed by atoms with E-state index in [4.69, 9.17) is 10.5 Å². The summed E-state index contributed by atoms with van der Waals surface area (Å²) >= 11 is 1.31. The molecule has 2 heterocycles. The van der Waals surface area contributed by atoms with Crippen molar-refractivity contribution in [1.82, 2.24) is 0 Å². The van der Waals surface area contributed by atoms with Crippen LogP contribution in [0.2, 0.25) is 0 Å². The van der Waals surface area contributed by atoms with E-state index in [9.17, 15) is 19.2 Å². The van der Waals surface area contributed by atoms with Gasteiger partial charge in [0.25, 0.3) is 0 Å². The lowest BCUT2D eigenvalue weighted by Gasteiger charge is -2.16. The van der Waals surface area contributed by atoms with Gasteiger partial charge in [-0.25, -0.2) is 9.69 Å². The molecule has 5 rings (SSSR count). The van der Waals surface area contributed by atoms with E-state index in [0.29, 0.717) is 16.8 Å². The summed E-state index contributed by atoms with van der Waals surface area (Å²) in [7, 11) is 0. The second-order valence-corrected chi connectivity index (χ2v) is 9.11. The number of ether oxygens (including phenoxy) is 1. The first kappa shape index (κ1) is 21.7. The van der Waals surface area contributed by atoms with Gasteiger partial charge in [-0.2, -0.15) is 0 Å². The molecule has 2 aliphatic rings. The van der Waals surface area contributed by atoms with Crippen LogP contribution < -0.4 is 16.0 Å². The molecule has 0 saturated carbocycles. The Morgan fingerprint density at radius 2 is 1.68 bits per heavy atom. The number of benzene rings is 3. The molecule has 0 radical (unpaired) electrons. The quantitative estimate of drug-likeness (QED) is 0.415. The average Bonchev–Trinajstić information content (AvgIpc) is 3.30. The molecular formula is C25H19N3O5S. The zero-order chi connectivity index (χ0) is 23.8. The summed E-state index contributed by atoms with van der Waals surface area (Å²) in [6.07, 6.45) is -0.485. The van der Waals surface area contributed by atoms with Crippen LogP contribution in [0.3, 0.4) is 0 Å². The molecule has 1 fully saturated rings. The van der Waals surface area contributed by atoms with Gasteiger partial charge in [0, 0.05) is 28.1 Å². The van der Waals surface area contributed by atoms with Crippen molar-refractivity contribution in [2.75, 3.05) is 10.2 Å². The van der Waals surface area contributed by atoms with E-state index in [-0.39, 0.29) is 24.2 Å². The smallest absolute Gasteiger partial charge is 0.340 e. The normalized spacial score (nSPS) is 19.2. The lowest BCUT2D eigenvalue weighted by atomic mass is 10.1. The highest BCUT2D eigenvalue weighted by Gasteiger charge is 2.40. The largest absolute Gasteiger partial charge is 0.434 e. The molecule has 2 unspecified atom stereocenters. The topological polar surface area (TPSA) is 119 Å². The van der Waals surface area contributed by atoms with Gasteiger partial charge in [0.05, 0.1) is 16.5 Å². The molecule has 3 amide bonds. The first-order valence-electron chi connectivity index (χ1n) is 10.5. The summed E-state index contributed by atoms with van der Waals surface area (Å²) in [6.45, 7) is 0. The SMILES string of the molecule is NC(=O)c1ccc(N2C(=O)CC(Sc3ccc(NC4OC(=O)c5ccccc54)cc3)C2=O)cc1. The molecule has 2 aliphatic heterocycles. The number of nitrogens with two attached hydrogens (primary N) is 1. The third-order valence-electron chi connectivity index (χ3n) is 5.63. The predicted octanol–water partition coefficient (Wildman–Crippen LogP) is 3.49. The highest BCUT2D eigenvalue weighted by atomic mass is 32.2. The van der Waals surface area contributed by atoms with Crippen LogP contribution in [0.1, 0.15) is 38.9 Å². The number of carbonyl (C=O) groups is 4. The summed E-state index contributed by atoms with van der Waals surface area (Å²) in [5.74, 6) is -1.54. The lowest BCUT2D eigenvalue weighted by molar-refractivity contribution is -0.121. The number of nitrogens with zero attached hydrogens (tertiary/aromatic N) is 1. The third-order valence-corrected chi connectivity index (χ3v) is 6.83. The number of thioether (sulfide) groups is 1. The highest BCUT2D eigenvalue weighted by Crippen LogP contribution is 2.36. The zero-order valence-corrected chi connectivity index (χ0v) is 18.6. The zero-order valence-electron chi connectivity index (χ0n) is 17.8. The number of hydrogen-bond donors (Lipinski definition) is 2. The van der Waals surface area contributed by atoms with Crippen molar-refractivity contribution in [3.63, 3.8) is 0 Å². The number of hydrogen-bond acceptors (Lipinski definition) is 7. The van der Waals surface area contributed by atoms with Crippen molar-refractivity contribution in [2.24, 2.45) is 5.73 Å². The van der Waals surface area contributed by atoms with E-state index in [2.05, 4.69) is 5.32 Å². The van der Waals surface area contributed by atoms with E-state index in [1.54, 1.807) is 12.1 Å². The van der Waals surface area contributed by atoms with Crippen LogP contribution >= 0.6 is 11.8 Å². The molecule has 1 saturated heterocycles. The fourth-order valence-electron chi connectivity index (χ4n) is 3.94. The van der Waals surface area contributed by atoms with Gasteiger partial charge in [0.1, 0.15) is 0 Å². The number of anilines is 2. The van der Waals surface area contributed by atoms with Gasteiger partial charge in [0.2, 0.25) is 23.9 Å². The Balaban J connectivity index is 1.25. The van der Waals surface area contributed by atoms with Gasteiger partial charge < -0.3 is 15.8 Å². The number of nitrogens with one attached hydrogen (secondary N) is 1. The van der Waals surface area contributed by atoms with Gasteiger partial charge in [-0.05, 0) is 54.6 Å². The molecule has 3 N–H and O–H groups in total. The predicted molar refractivity (Wildman–Crippen MR) is 126 cm³/mol. The van der Waals surface area contributed by atoms with Gasteiger partial charge in [-0.3, -0.25) is 14.4 Å². The molecule has 0 bridgehead atoms. The molecule has 0 aliphatic carbocycles. The van der Waals surface area contributed by atoms with Gasteiger partial charge in [0.15, 0.2) is 0 Å². The fraction of sp³-hybridized carbons (Fsp3) is 0.120. The average molecular weight is 474 g/mol. The number of primary amides is 1. The van der Waals surface area contributed by atoms with Crippen LogP contribution in [-0.2, 0) is 14.3 Å². The van der Waals surface area contributed by atoms with E-state index in [0.717, 1.165) is 21.0 Å². The third kappa shape index (κ3) is 4.01. The maximum atomic E-state index is 12.9. The van der Waals surface area contributed by atoms with Crippen LogP contribution in [0.4, 0.5) is 11.4 Å². The van der Waals surface area contributed by atoms with Crippen molar-refractivity contribution in [3.05, 3.63) is 89.5 Å². The summed E-state index contributed by atoms with van der Waals surface area (Å²) < 4.78 is 5.41. The van der Waals surface area contributed by atoms with E-state index >= 15 is 0 Å². The van der Waals surface area contributed by atoms with Crippen LogP contribution in [-0.4, -0.2) is 28.9 Å². The highest BCUT2D eigenvalue weighted by molar-refractivity contribution is 8.00. The Morgan fingerprint density at radius 1 is 0.971 bits per heavy atom. The number of imide groups is 1. The lowest BCUT2D eigenvalue weighted by Crippen LogP contribution is -2.31. The van der Waals surface area contributed by atoms with Crippen molar-refractivity contribution >= 4 is 46.8 Å². The Labute approximate surface area is 199 Å². The molecule has 0 spiro atoms. The summed E-state index contributed by atoms with van der Waals surface area (Å²) in [6, 6.07) is 20.6. The summed E-state index contributed by atoms with van der Waals surface area (Å²) in [5, 5.41) is 2.64. The first-order chi connectivity index (χ1) is 16.4. The first-order valence-corrected chi connectivity index (χ1v) is 11.4. The minimum Gasteiger partial charge on any atom is -0.434 e. The Bertz CT molecular complexity index is 1310. The summed E-state index contributed by atoms with van der Waals surface area (Å²) in [5.41, 5.74) is 8.04. The van der Waals surface area contributed by atoms with E-state index in [1.165, 1.54) is 36.0 Å². The maximum absolute atomic E-state index is 12.9. The van der Waals surface area contributed by atoms with Crippen LogP contribution in [0.15, 0.2) is 77.7 Å². The van der Waals surface area contributed by atoms with E-state index in [1.807, 2.05) is 36.4 Å². The molecule has 3 aromatic rings. The van der Waals surface area contributed by atoms with Crippen molar-refractivity contribution < 1.29 is 23.9 Å². The van der Waals surface area contributed by atoms with Gasteiger partial charge >= 0.3 is 5.97 Å². The van der Waals surface area contributed by atoms with Gasteiger partial charge in [-0.15, -0.1) is 11.8 Å². The second kappa shape index (κ2) is 8.68. The number of rotatable bonds is 6. The fourth-order valence-corrected chi connectivity index (χ4v) is 4.99. The number of amides is 3. The maximum Gasteiger partial charge on any atom is 0.340 e. The molecule has 9 heteroatoms. The molecular weight excluding hydrogens is 454 g/mol. The number of cyclic esters (lactones) is 1. The van der Waals surface area contributed by atoms with Crippen LogP contribution in [0.5, 0.6) is 0 Å². The minimum absolute atomic E-state index is 0.0792. The van der Waals surface area contributed by atoms with Crippen molar-refractivity contribution in [1.29, 1.82) is 0 Å².